The number of hydrogen-bond acceptors (Lipinski definition) is 2. The van der Waals surface area contributed by atoms with Gasteiger partial charge in [-0.25, -0.2) is 0 Å². The first kappa shape index (κ1) is 20.5. The average molecular weight is 425 g/mol. The second kappa shape index (κ2) is 8.99. The van der Waals surface area contributed by atoms with Crippen LogP contribution in [0.4, 0.5) is 0 Å². The van der Waals surface area contributed by atoms with Crippen LogP contribution in [0, 0.1) is 11.8 Å². The highest BCUT2D eigenvalue weighted by atomic mass is 16.2. The van der Waals surface area contributed by atoms with Crippen LogP contribution in [0.25, 0.3) is 0 Å². The van der Waals surface area contributed by atoms with Gasteiger partial charge in [-0.3, -0.25) is 9.59 Å². The minimum atomic E-state index is 0.0311. The summed E-state index contributed by atoms with van der Waals surface area (Å²) in [6.07, 6.45) is 3.30. The molecule has 3 aromatic carbocycles. The first-order valence-corrected chi connectivity index (χ1v) is 11.4. The Balaban J connectivity index is 1.07. The van der Waals surface area contributed by atoms with E-state index in [2.05, 4.69) is 34.9 Å². The van der Waals surface area contributed by atoms with Gasteiger partial charge in [0.25, 0.3) is 0 Å². The van der Waals surface area contributed by atoms with Crippen LogP contribution >= 0.6 is 0 Å². The first-order valence-electron chi connectivity index (χ1n) is 11.4. The van der Waals surface area contributed by atoms with Crippen molar-refractivity contribution < 1.29 is 9.59 Å². The number of fused-ring (bicyclic) bond motifs is 2. The monoisotopic (exact) mass is 424 g/mol. The van der Waals surface area contributed by atoms with Gasteiger partial charge in [0, 0.05) is 24.9 Å². The summed E-state index contributed by atoms with van der Waals surface area (Å²) >= 11 is 0. The van der Waals surface area contributed by atoms with Crippen molar-refractivity contribution >= 4 is 11.8 Å². The average Bonchev–Trinajstić information content (AvgIpc) is 3.46. The molecule has 0 bridgehead atoms. The van der Waals surface area contributed by atoms with Crippen LogP contribution in [-0.2, 0) is 48.4 Å². The molecule has 3 aromatic rings. The SMILES string of the molecule is O=C(NCc1ccc(CNC(=O)C2Cc3ccccc3C2)cc1)C1Cc2ccccc2C1. The van der Waals surface area contributed by atoms with Crippen LogP contribution in [0.2, 0.25) is 0 Å². The highest BCUT2D eigenvalue weighted by Crippen LogP contribution is 2.27. The van der Waals surface area contributed by atoms with Crippen LogP contribution < -0.4 is 10.6 Å². The molecule has 0 saturated heterocycles. The molecule has 162 valence electrons. The van der Waals surface area contributed by atoms with Crippen LogP contribution in [0.3, 0.4) is 0 Å². The normalized spacial score (nSPS) is 15.2. The molecule has 0 radical (unpaired) electrons. The lowest BCUT2D eigenvalue weighted by molar-refractivity contribution is -0.125. The highest BCUT2D eigenvalue weighted by Gasteiger charge is 2.27. The van der Waals surface area contributed by atoms with Crippen molar-refractivity contribution in [1.82, 2.24) is 10.6 Å². The lowest BCUT2D eigenvalue weighted by atomic mass is 10.0. The van der Waals surface area contributed by atoms with E-state index in [1.54, 1.807) is 0 Å². The molecule has 0 aliphatic heterocycles. The smallest absolute Gasteiger partial charge is 0.224 e. The predicted molar refractivity (Wildman–Crippen MR) is 125 cm³/mol. The molecule has 5 rings (SSSR count). The highest BCUT2D eigenvalue weighted by molar-refractivity contribution is 5.81. The van der Waals surface area contributed by atoms with Gasteiger partial charge in [0.05, 0.1) is 0 Å². The fraction of sp³-hybridized carbons (Fsp3) is 0.286. The van der Waals surface area contributed by atoms with Gasteiger partial charge in [-0.05, 0) is 59.1 Å². The first-order chi connectivity index (χ1) is 15.7. The summed E-state index contributed by atoms with van der Waals surface area (Å²) < 4.78 is 0. The molecule has 4 nitrogen and oxygen atoms in total. The summed E-state index contributed by atoms with van der Waals surface area (Å²) in [5.74, 6) is 0.303. The number of benzene rings is 3. The van der Waals surface area contributed by atoms with Crippen LogP contribution in [0.15, 0.2) is 72.8 Å². The molecule has 0 aromatic heterocycles. The molecule has 2 N–H and O–H groups in total. The Morgan fingerprint density at radius 2 is 0.875 bits per heavy atom. The zero-order valence-electron chi connectivity index (χ0n) is 18.1. The van der Waals surface area contributed by atoms with E-state index in [1.807, 2.05) is 48.5 Å². The number of hydrogen-bond donors (Lipinski definition) is 2. The molecule has 0 spiro atoms. The molecule has 0 heterocycles. The summed E-state index contributed by atoms with van der Waals surface area (Å²) in [7, 11) is 0. The number of carbonyl (C=O) groups excluding carboxylic acids is 2. The quantitative estimate of drug-likeness (QED) is 0.633. The van der Waals surface area contributed by atoms with Gasteiger partial charge in [0.2, 0.25) is 11.8 Å². The summed E-state index contributed by atoms with van der Waals surface area (Å²) in [5, 5.41) is 6.17. The van der Waals surface area contributed by atoms with E-state index < -0.39 is 0 Å². The Morgan fingerprint density at radius 3 is 1.19 bits per heavy atom. The van der Waals surface area contributed by atoms with E-state index in [4.69, 9.17) is 0 Å². The number of amides is 2. The van der Waals surface area contributed by atoms with Gasteiger partial charge in [-0.15, -0.1) is 0 Å². The summed E-state index contributed by atoms with van der Waals surface area (Å²) in [6.45, 7) is 1.05. The van der Waals surface area contributed by atoms with Gasteiger partial charge in [-0.2, -0.15) is 0 Å². The van der Waals surface area contributed by atoms with Gasteiger partial charge in [0.1, 0.15) is 0 Å². The molecule has 0 unspecified atom stereocenters. The van der Waals surface area contributed by atoms with Crippen molar-refractivity contribution in [1.29, 1.82) is 0 Å². The third kappa shape index (κ3) is 4.45. The topological polar surface area (TPSA) is 58.2 Å². The Hall–Kier alpha value is -3.40. The lowest BCUT2D eigenvalue weighted by Crippen LogP contribution is -2.31. The minimum absolute atomic E-state index is 0.0311. The maximum absolute atomic E-state index is 12.6. The van der Waals surface area contributed by atoms with Crippen molar-refractivity contribution in [3.63, 3.8) is 0 Å². The standard InChI is InChI=1S/C28H28N2O2/c31-27(25-13-21-5-1-2-6-22(21)14-25)29-17-19-9-11-20(12-10-19)18-30-28(32)26-15-23-7-3-4-8-24(23)16-26/h1-12,25-26H,13-18H2,(H,29,31)(H,30,32). The summed E-state index contributed by atoms with van der Waals surface area (Å²) in [6, 6.07) is 24.7. The molecule has 0 atom stereocenters. The van der Waals surface area contributed by atoms with Crippen molar-refractivity contribution in [2.45, 2.75) is 38.8 Å². The Bertz CT molecular complexity index is 996. The maximum atomic E-state index is 12.6. The Kier molecular flexibility index (Phi) is 5.76. The molecular weight excluding hydrogens is 396 g/mol. The minimum Gasteiger partial charge on any atom is -0.352 e. The molecule has 2 aliphatic carbocycles. The molecule has 32 heavy (non-hydrogen) atoms. The molecule has 4 heteroatoms. The van der Waals surface area contributed by atoms with Gasteiger partial charge in [0.15, 0.2) is 0 Å². The second-order valence-corrected chi connectivity index (χ2v) is 9.00. The van der Waals surface area contributed by atoms with Gasteiger partial charge < -0.3 is 10.6 Å². The van der Waals surface area contributed by atoms with Gasteiger partial charge >= 0.3 is 0 Å². The predicted octanol–water partition coefficient (Wildman–Crippen LogP) is 3.75. The fourth-order valence-corrected chi connectivity index (χ4v) is 4.93. The van der Waals surface area contributed by atoms with Crippen LogP contribution in [0.1, 0.15) is 33.4 Å². The van der Waals surface area contributed by atoms with E-state index in [-0.39, 0.29) is 23.7 Å². The third-order valence-electron chi connectivity index (χ3n) is 6.80. The summed E-state index contributed by atoms with van der Waals surface area (Å²) in [5.41, 5.74) is 7.30. The molecule has 0 fully saturated rings. The zero-order valence-corrected chi connectivity index (χ0v) is 18.1. The third-order valence-corrected chi connectivity index (χ3v) is 6.80. The number of nitrogens with one attached hydrogen (secondary N) is 2. The summed E-state index contributed by atoms with van der Waals surface area (Å²) in [4.78, 5) is 25.2. The maximum Gasteiger partial charge on any atom is 0.224 e. The van der Waals surface area contributed by atoms with E-state index in [1.165, 1.54) is 22.3 Å². The van der Waals surface area contributed by atoms with E-state index in [0.717, 1.165) is 36.8 Å². The molecule has 2 amide bonds. The molecular formula is C28H28N2O2. The zero-order chi connectivity index (χ0) is 21.9. The number of rotatable bonds is 6. The molecule has 2 aliphatic rings. The van der Waals surface area contributed by atoms with E-state index >= 15 is 0 Å². The second-order valence-electron chi connectivity index (χ2n) is 9.00. The number of carbonyl (C=O) groups is 2. The van der Waals surface area contributed by atoms with E-state index in [0.29, 0.717) is 13.1 Å². The Labute approximate surface area is 189 Å². The van der Waals surface area contributed by atoms with Crippen molar-refractivity contribution in [2.24, 2.45) is 11.8 Å². The fourth-order valence-electron chi connectivity index (χ4n) is 4.93. The van der Waals surface area contributed by atoms with Crippen molar-refractivity contribution in [3.05, 3.63) is 106 Å². The van der Waals surface area contributed by atoms with Crippen LogP contribution in [0.5, 0.6) is 0 Å². The Morgan fingerprint density at radius 1 is 0.562 bits per heavy atom. The molecule has 0 saturated carbocycles. The van der Waals surface area contributed by atoms with Crippen molar-refractivity contribution in [3.8, 4) is 0 Å². The van der Waals surface area contributed by atoms with Gasteiger partial charge in [-0.1, -0.05) is 72.8 Å². The van der Waals surface area contributed by atoms with E-state index in [9.17, 15) is 9.59 Å². The largest absolute Gasteiger partial charge is 0.352 e. The van der Waals surface area contributed by atoms with Crippen LogP contribution in [-0.4, -0.2) is 11.8 Å². The van der Waals surface area contributed by atoms with Crippen molar-refractivity contribution in [2.75, 3.05) is 0 Å². The lowest BCUT2D eigenvalue weighted by Gasteiger charge is -2.12.